The number of benzene rings is 1. The molecule has 0 amide bonds. The largest absolute Gasteiger partial charge is 0.316 e. The highest BCUT2D eigenvalue weighted by molar-refractivity contribution is 7.88. The van der Waals surface area contributed by atoms with Crippen LogP contribution in [0, 0.1) is 11.8 Å². The molecule has 2 atom stereocenters. The number of hydrogen-bond acceptors (Lipinski definition) is 3. The average Bonchev–Trinajstić information content (AvgIpc) is 3.06. The highest BCUT2D eigenvalue weighted by atomic mass is 32.2. The predicted octanol–water partition coefficient (Wildman–Crippen LogP) is 1.48. The average molecular weight is 282 g/mol. The van der Waals surface area contributed by atoms with Crippen molar-refractivity contribution in [3.8, 4) is 0 Å². The van der Waals surface area contributed by atoms with Crippen LogP contribution < -0.4 is 10.0 Å². The maximum atomic E-state index is 11.9. The highest BCUT2D eigenvalue weighted by Gasteiger charge is 2.33. The molecule has 1 fully saturated rings. The van der Waals surface area contributed by atoms with Crippen molar-refractivity contribution < 1.29 is 8.42 Å². The lowest BCUT2D eigenvalue weighted by molar-refractivity contribution is 0.573. The summed E-state index contributed by atoms with van der Waals surface area (Å²) in [4.78, 5) is 0. The van der Waals surface area contributed by atoms with E-state index in [1.54, 1.807) is 0 Å². The van der Waals surface area contributed by atoms with Gasteiger partial charge < -0.3 is 5.32 Å². The zero-order valence-corrected chi connectivity index (χ0v) is 12.3. The highest BCUT2D eigenvalue weighted by Crippen LogP contribution is 2.36. The molecule has 2 unspecified atom stereocenters. The van der Waals surface area contributed by atoms with Gasteiger partial charge in [-0.15, -0.1) is 0 Å². The molecule has 1 saturated carbocycles. The first-order valence-electron chi connectivity index (χ1n) is 6.70. The van der Waals surface area contributed by atoms with E-state index < -0.39 is 10.0 Å². The zero-order valence-electron chi connectivity index (χ0n) is 11.5. The molecule has 0 aliphatic heterocycles. The molecule has 1 aromatic rings. The van der Waals surface area contributed by atoms with Gasteiger partial charge in [0.25, 0.3) is 0 Å². The molecule has 19 heavy (non-hydrogen) atoms. The van der Waals surface area contributed by atoms with Crippen LogP contribution in [-0.4, -0.2) is 22.0 Å². The zero-order chi connectivity index (χ0) is 13.9. The Kier molecular flexibility index (Phi) is 4.60. The van der Waals surface area contributed by atoms with E-state index in [4.69, 9.17) is 0 Å². The normalized spacial score (nSPS) is 22.4. The molecule has 106 valence electrons. The topological polar surface area (TPSA) is 58.2 Å². The van der Waals surface area contributed by atoms with Crippen LogP contribution in [0.1, 0.15) is 24.5 Å². The molecule has 1 aromatic carbocycles. The van der Waals surface area contributed by atoms with E-state index in [1.807, 2.05) is 31.3 Å². The van der Waals surface area contributed by atoms with Crippen molar-refractivity contribution in [3.05, 3.63) is 35.4 Å². The summed E-state index contributed by atoms with van der Waals surface area (Å²) in [6, 6.07) is 7.69. The van der Waals surface area contributed by atoms with Gasteiger partial charge in [-0.2, -0.15) is 0 Å². The first-order valence-corrected chi connectivity index (χ1v) is 8.35. The van der Waals surface area contributed by atoms with Crippen LogP contribution in [0.5, 0.6) is 0 Å². The summed E-state index contributed by atoms with van der Waals surface area (Å²) in [5.74, 6) is 1.27. The fourth-order valence-corrected chi connectivity index (χ4v) is 3.35. The third-order valence-electron chi connectivity index (χ3n) is 3.60. The number of sulfonamides is 1. The van der Waals surface area contributed by atoms with E-state index in [9.17, 15) is 8.42 Å². The summed E-state index contributed by atoms with van der Waals surface area (Å²) >= 11 is 0. The lowest BCUT2D eigenvalue weighted by Gasteiger charge is -2.07. The van der Waals surface area contributed by atoms with Crippen LogP contribution in [0.4, 0.5) is 0 Å². The maximum absolute atomic E-state index is 11.9. The van der Waals surface area contributed by atoms with Crippen LogP contribution in [0.3, 0.4) is 0 Å². The molecule has 0 spiro atoms. The van der Waals surface area contributed by atoms with Gasteiger partial charge in [0.05, 0.1) is 5.75 Å². The van der Waals surface area contributed by atoms with E-state index in [0.717, 1.165) is 24.1 Å². The second-order valence-corrected chi connectivity index (χ2v) is 7.23. The summed E-state index contributed by atoms with van der Waals surface area (Å²) in [6.45, 7) is 3.53. The Hall–Kier alpha value is -0.910. The quantitative estimate of drug-likeness (QED) is 0.796. The fraction of sp³-hybridized carbons (Fsp3) is 0.571. The molecule has 0 saturated heterocycles. The molecule has 0 aromatic heterocycles. The van der Waals surface area contributed by atoms with Crippen LogP contribution in [0.25, 0.3) is 0 Å². The summed E-state index contributed by atoms with van der Waals surface area (Å²) in [6.07, 6.45) is 1.14. The van der Waals surface area contributed by atoms with E-state index in [0.29, 0.717) is 18.4 Å². The Morgan fingerprint density at radius 2 is 1.79 bits per heavy atom. The Labute approximate surface area is 115 Å². The lowest BCUT2D eigenvalue weighted by Crippen LogP contribution is -2.27. The van der Waals surface area contributed by atoms with Crippen molar-refractivity contribution >= 4 is 10.0 Å². The minimum atomic E-state index is -3.20. The van der Waals surface area contributed by atoms with Gasteiger partial charge in [0, 0.05) is 13.1 Å². The van der Waals surface area contributed by atoms with Gasteiger partial charge >= 0.3 is 0 Å². The van der Waals surface area contributed by atoms with Crippen molar-refractivity contribution in [2.75, 3.05) is 13.6 Å². The Morgan fingerprint density at radius 3 is 2.32 bits per heavy atom. The molecule has 2 rings (SSSR count). The number of hydrogen-bond donors (Lipinski definition) is 2. The van der Waals surface area contributed by atoms with E-state index >= 15 is 0 Å². The van der Waals surface area contributed by atoms with E-state index in [2.05, 4.69) is 17.0 Å². The van der Waals surface area contributed by atoms with Gasteiger partial charge in [-0.3, -0.25) is 0 Å². The summed E-state index contributed by atoms with van der Waals surface area (Å²) < 4.78 is 26.6. The molecule has 4 nitrogen and oxygen atoms in total. The monoisotopic (exact) mass is 282 g/mol. The first-order chi connectivity index (χ1) is 9.00. The molecule has 1 aliphatic rings. The lowest BCUT2D eigenvalue weighted by atomic mass is 10.1. The van der Waals surface area contributed by atoms with Crippen molar-refractivity contribution in [1.29, 1.82) is 0 Å². The summed E-state index contributed by atoms with van der Waals surface area (Å²) in [5.41, 5.74) is 1.99. The number of rotatable bonds is 7. The summed E-state index contributed by atoms with van der Waals surface area (Å²) in [5, 5.41) is 3.06. The fourth-order valence-electron chi connectivity index (χ4n) is 2.15. The second-order valence-electron chi connectivity index (χ2n) is 5.43. The Balaban J connectivity index is 1.87. The van der Waals surface area contributed by atoms with Gasteiger partial charge in [0.1, 0.15) is 0 Å². The van der Waals surface area contributed by atoms with Crippen molar-refractivity contribution in [1.82, 2.24) is 10.0 Å². The van der Waals surface area contributed by atoms with Gasteiger partial charge in [-0.1, -0.05) is 31.2 Å². The van der Waals surface area contributed by atoms with Crippen LogP contribution in [0.15, 0.2) is 24.3 Å². The van der Waals surface area contributed by atoms with Crippen molar-refractivity contribution in [3.63, 3.8) is 0 Å². The molecule has 1 aliphatic carbocycles. The van der Waals surface area contributed by atoms with Gasteiger partial charge in [0.2, 0.25) is 10.0 Å². The van der Waals surface area contributed by atoms with Crippen LogP contribution in [0.2, 0.25) is 0 Å². The van der Waals surface area contributed by atoms with E-state index in [1.165, 1.54) is 0 Å². The van der Waals surface area contributed by atoms with Gasteiger partial charge in [-0.05, 0) is 36.4 Å². The van der Waals surface area contributed by atoms with Crippen molar-refractivity contribution in [2.24, 2.45) is 11.8 Å². The molecule has 0 heterocycles. The molecule has 0 bridgehead atoms. The van der Waals surface area contributed by atoms with Crippen molar-refractivity contribution in [2.45, 2.75) is 25.6 Å². The molecule has 2 N–H and O–H groups in total. The van der Waals surface area contributed by atoms with Gasteiger partial charge in [-0.25, -0.2) is 13.1 Å². The standard InChI is InChI=1S/C14H22N2O2S/c1-11-7-14(11)9-16-19(17,18)10-13-5-3-12(4-6-13)8-15-2/h3-6,11,14-16H,7-10H2,1-2H3. The molecular formula is C14H22N2O2S. The van der Waals surface area contributed by atoms with Gasteiger partial charge in [0.15, 0.2) is 0 Å². The predicted molar refractivity (Wildman–Crippen MR) is 77.1 cm³/mol. The smallest absolute Gasteiger partial charge is 0.215 e. The Morgan fingerprint density at radius 1 is 1.21 bits per heavy atom. The van der Waals surface area contributed by atoms with Crippen LogP contribution >= 0.6 is 0 Å². The SMILES string of the molecule is CNCc1ccc(CS(=O)(=O)NCC2CC2C)cc1. The first kappa shape index (κ1) is 14.5. The molecule has 5 heteroatoms. The van der Waals surface area contributed by atoms with Crippen LogP contribution in [-0.2, 0) is 22.3 Å². The molecular weight excluding hydrogens is 260 g/mol. The third kappa shape index (κ3) is 4.60. The molecule has 0 radical (unpaired) electrons. The summed E-state index contributed by atoms with van der Waals surface area (Å²) in [7, 11) is -1.31. The minimum Gasteiger partial charge on any atom is -0.316 e. The Bertz CT molecular complexity index is 511. The number of nitrogens with one attached hydrogen (secondary N) is 2. The maximum Gasteiger partial charge on any atom is 0.215 e. The third-order valence-corrected chi connectivity index (χ3v) is 4.92. The van der Waals surface area contributed by atoms with E-state index in [-0.39, 0.29) is 5.75 Å². The second kappa shape index (κ2) is 6.03. The minimum absolute atomic E-state index is 0.0634.